The molecule has 5 heteroatoms. The molecule has 0 aliphatic rings. The molecule has 0 bridgehead atoms. The molecule has 0 aliphatic carbocycles. The van der Waals surface area contributed by atoms with Gasteiger partial charge in [-0.1, -0.05) is 72.8 Å². The largest absolute Gasteiger partial charge is 0.264 e. The molecule has 0 fully saturated rings. The minimum absolute atomic E-state index is 0.905. The van der Waals surface area contributed by atoms with Crippen molar-refractivity contribution >= 4 is 43.6 Å². The lowest BCUT2D eigenvalue weighted by Crippen LogP contribution is -1.90. The van der Waals surface area contributed by atoms with Crippen molar-refractivity contribution < 1.29 is 0 Å². The zero-order valence-corrected chi connectivity index (χ0v) is 24.7. The highest BCUT2D eigenvalue weighted by Crippen LogP contribution is 2.35. The molecule has 4 aromatic carbocycles. The third-order valence-electron chi connectivity index (χ3n) is 8.63. The monoisotopic (exact) mass is 587 g/mol. The summed E-state index contributed by atoms with van der Waals surface area (Å²) >= 11 is 0. The van der Waals surface area contributed by atoms with Crippen molar-refractivity contribution in [2.24, 2.45) is 0 Å². The summed E-state index contributed by atoms with van der Waals surface area (Å²) < 4.78 is 0. The maximum atomic E-state index is 5.10. The molecule has 5 nitrogen and oxygen atoms in total. The quantitative estimate of drug-likeness (QED) is 0.192. The van der Waals surface area contributed by atoms with Crippen LogP contribution in [0.1, 0.15) is 0 Å². The predicted octanol–water partition coefficient (Wildman–Crippen LogP) is 9.94. The number of fused-ring (bicyclic) bond motifs is 5. The molecule has 0 spiro atoms. The first-order valence-corrected chi connectivity index (χ1v) is 15.2. The van der Waals surface area contributed by atoms with Crippen LogP contribution in [0, 0.1) is 0 Å². The Labute approximate surface area is 264 Å². The lowest BCUT2D eigenvalue weighted by molar-refractivity contribution is 1.30. The van der Waals surface area contributed by atoms with Gasteiger partial charge in [-0.25, -0.2) is 9.97 Å². The number of benzene rings is 4. The van der Waals surface area contributed by atoms with E-state index in [1.165, 1.54) is 0 Å². The average Bonchev–Trinajstić information content (AvgIpc) is 3.14. The van der Waals surface area contributed by atoms with E-state index >= 15 is 0 Å². The molecule has 0 N–H and O–H groups in total. The SMILES string of the molecule is c1cncc(-c2ccc3ccc(-c4ccc5ccc(-c6ccc(-c7cc8cccnc8c8ncccc78)cc6)cc5n4)cc3n2)c1. The summed E-state index contributed by atoms with van der Waals surface area (Å²) in [5, 5.41) is 4.37. The van der Waals surface area contributed by atoms with Crippen molar-refractivity contribution in [2.75, 3.05) is 0 Å². The molecule has 0 saturated heterocycles. The van der Waals surface area contributed by atoms with Gasteiger partial charge in [0.2, 0.25) is 0 Å². The number of hydrogen-bond acceptors (Lipinski definition) is 5. The standard InChI is InChI=1S/C41H25N5/c1-5-33(25-42-19-1)37-18-16-29-12-14-31(24-39(29)46-37)36-17-15-28-11-13-30(23-38(28)45-36)26-7-9-27(10-8-26)35-22-32-4-2-20-43-40(32)41-34(35)6-3-21-44-41/h1-25H. The average molecular weight is 588 g/mol. The Morgan fingerprint density at radius 2 is 1.00 bits per heavy atom. The minimum Gasteiger partial charge on any atom is -0.264 e. The zero-order chi connectivity index (χ0) is 30.5. The van der Waals surface area contributed by atoms with Gasteiger partial charge in [-0.15, -0.1) is 0 Å². The molecule has 0 aliphatic heterocycles. The first-order chi connectivity index (χ1) is 22.8. The van der Waals surface area contributed by atoms with Crippen LogP contribution in [0.2, 0.25) is 0 Å². The van der Waals surface area contributed by atoms with Gasteiger partial charge in [-0.05, 0) is 76.9 Å². The predicted molar refractivity (Wildman–Crippen MR) is 187 cm³/mol. The summed E-state index contributed by atoms with van der Waals surface area (Å²) in [6.45, 7) is 0. The summed E-state index contributed by atoms with van der Waals surface area (Å²) in [7, 11) is 0. The third-order valence-corrected chi connectivity index (χ3v) is 8.63. The number of rotatable bonds is 4. The van der Waals surface area contributed by atoms with Crippen molar-refractivity contribution in [2.45, 2.75) is 0 Å². The van der Waals surface area contributed by atoms with Gasteiger partial charge in [0.05, 0.1) is 33.5 Å². The molecule has 5 aromatic heterocycles. The summed E-state index contributed by atoms with van der Waals surface area (Å²) in [6.07, 6.45) is 7.27. The smallest absolute Gasteiger partial charge is 0.0970 e. The van der Waals surface area contributed by atoms with Crippen LogP contribution in [0.5, 0.6) is 0 Å². The first kappa shape index (κ1) is 26.1. The topological polar surface area (TPSA) is 64.5 Å². The van der Waals surface area contributed by atoms with Gasteiger partial charge >= 0.3 is 0 Å². The Morgan fingerprint density at radius 3 is 1.76 bits per heavy atom. The molecular formula is C41H25N5. The normalized spacial score (nSPS) is 11.5. The highest BCUT2D eigenvalue weighted by molar-refractivity contribution is 6.10. The fraction of sp³-hybridized carbons (Fsp3) is 0. The maximum Gasteiger partial charge on any atom is 0.0970 e. The molecule has 214 valence electrons. The van der Waals surface area contributed by atoms with Crippen LogP contribution < -0.4 is 0 Å². The maximum absolute atomic E-state index is 5.10. The number of aromatic nitrogens is 5. The summed E-state index contributed by atoms with van der Waals surface area (Å²) in [5.74, 6) is 0. The molecule has 46 heavy (non-hydrogen) atoms. The second-order valence-electron chi connectivity index (χ2n) is 11.4. The molecule has 0 amide bonds. The molecule has 0 saturated carbocycles. The second-order valence-corrected chi connectivity index (χ2v) is 11.4. The second kappa shape index (κ2) is 10.7. The van der Waals surface area contributed by atoms with Crippen LogP contribution >= 0.6 is 0 Å². The van der Waals surface area contributed by atoms with Gasteiger partial charge in [-0.3, -0.25) is 15.0 Å². The highest BCUT2D eigenvalue weighted by atomic mass is 14.7. The number of hydrogen-bond donors (Lipinski definition) is 0. The van der Waals surface area contributed by atoms with Crippen LogP contribution in [-0.2, 0) is 0 Å². The van der Waals surface area contributed by atoms with Gasteiger partial charge in [0.25, 0.3) is 0 Å². The Balaban J connectivity index is 1.07. The molecule has 0 unspecified atom stereocenters. The van der Waals surface area contributed by atoms with Crippen LogP contribution in [-0.4, -0.2) is 24.9 Å². The lowest BCUT2D eigenvalue weighted by atomic mass is 9.95. The lowest BCUT2D eigenvalue weighted by Gasteiger charge is -2.11. The van der Waals surface area contributed by atoms with E-state index in [0.717, 1.165) is 88.4 Å². The van der Waals surface area contributed by atoms with Crippen LogP contribution in [0.15, 0.2) is 152 Å². The van der Waals surface area contributed by atoms with Crippen LogP contribution in [0.25, 0.3) is 88.4 Å². The Bertz CT molecular complexity index is 2580. The van der Waals surface area contributed by atoms with Gasteiger partial charge in [-0.2, -0.15) is 0 Å². The van der Waals surface area contributed by atoms with Crippen molar-refractivity contribution in [3.05, 3.63) is 152 Å². The zero-order valence-electron chi connectivity index (χ0n) is 24.7. The summed E-state index contributed by atoms with van der Waals surface area (Å²) in [4.78, 5) is 23.6. The summed E-state index contributed by atoms with van der Waals surface area (Å²) in [6, 6.07) is 44.3. The Morgan fingerprint density at radius 1 is 0.391 bits per heavy atom. The van der Waals surface area contributed by atoms with E-state index in [1.807, 2.05) is 48.9 Å². The number of pyridine rings is 5. The summed E-state index contributed by atoms with van der Waals surface area (Å²) in [5.41, 5.74) is 12.2. The van der Waals surface area contributed by atoms with Gasteiger partial charge in [0.1, 0.15) is 0 Å². The van der Waals surface area contributed by atoms with Crippen molar-refractivity contribution in [3.8, 4) is 44.8 Å². The van der Waals surface area contributed by atoms with E-state index in [2.05, 4.69) is 112 Å². The van der Waals surface area contributed by atoms with Gasteiger partial charge in [0, 0.05) is 57.5 Å². The van der Waals surface area contributed by atoms with Crippen molar-refractivity contribution in [3.63, 3.8) is 0 Å². The highest BCUT2D eigenvalue weighted by Gasteiger charge is 2.11. The molecule has 0 atom stereocenters. The van der Waals surface area contributed by atoms with Gasteiger partial charge < -0.3 is 0 Å². The van der Waals surface area contributed by atoms with Crippen molar-refractivity contribution in [1.82, 2.24) is 24.9 Å². The fourth-order valence-corrected chi connectivity index (χ4v) is 6.27. The molecule has 9 rings (SSSR count). The van der Waals surface area contributed by atoms with Crippen LogP contribution in [0.3, 0.4) is 0 Å². The Hall–Kier alpha value is -6.33. The number of nitrogens with zero attached hydrogens (tertiary/aromatic N) is 5. The van der Waals surface area contributed by atoms with E-state index in [-0.39, 0.29) is 0 Å². The van der Waals surface area contributed by atoms with E-state index < -0.39 is 0 Å². The van der Waals surface area contributed by atoms with E-state index in [0.29, 0.717) is 0 Å². The molecule has 0 radical (unpaired) electrons. The molecular weight excluding hydrogens is 562 g/mol. The Kier molecular flexibility index (Phi) is 6.06. The fourth-order valence-electron chi connectivity index (χ4n) is 6.27. The minimum atomic E-state index is 0.905. The van der Waals surface area contributed by atoms with Crippen molar-refractivity contribution in [1.29, 1.82) is 0 Å². The van der Waals surface area contributed by atoms with E-state index in [1.54, 1.807) is 6.20 Å². The van der Waals surface area contributed by atoms with Crippen LogP contribution in [0.4, 0.5) is 0 Å². The third kappa shape index (κ3) is 4.54. The first-order valence-electron chi connectivity index (χ1n) is 15.2. The molecule has 9 aromatic rings. The molecule has 5 heterocycles. The van der Waals surface area contributed by atoms with E-state index in [9.17, 15) is 0 Å². The van der Waals surface area contributed by atoms with E-state index in [4.69, 9.17) is 9.97 Å². The van der Waals surface area contributed by atoms with Gasteiger partial charge in [0.15, 0.2) is 0 Å².